The third-order valence-electron chi connectivity index (χ3n) is 1.81. The zero-order valence-electron chi connectivity index (χ0n) is 8.74. The molecular weight excluding hydrogens is 178 g/mol. The molecule has 0 saturated heterocycles. The molecule has 0 aliphatic heterocycles. The van der Waals surface area contributed by atoms with E-state index in [-0.39, 0.29) is 5.91 Å². The SMILES string of the molecule is CCNC(=O)c1ccc(N(C)C)nc1. The van der Waals surface area contributed by atoms with Crippen molar-refractivity contribution in [3.8, 4) is 0 Å². The maximum atomic E-state index is 11.4. The van der Waals surface area contributed by atoms with Gasteiger partial charge in [-0.2, -0.15) is 0 Å². The summed E-state index contributed by atoms with van der Waals surface area (Å²) in [5.74, 6) is 0.767. The topological polar surface area (TPSA) is 45.2 Å². The molecule has 1 rings (SSSR count). The fourth-order valence-corrected chi connectivity index (χ4v) is 1.05. The fraction of sp³-hybridized carbons (Fsp3) is 0.400. The van der Waals surface area contributed by atoms with Crippen molar-refractivity contribution in [2.75, 3.05) is 25.5 Å². The molecule has 0 atom stereocenters. The minimum Gasteiger partial charge on any atom is -0.363 e. The van der Waals surface area contributed by atoms with E-state index in [1.807, 2.05) is 32.0 Å². The van der Waals surface area contributed by atoms with Crippen LogP contribution in [0.3, 0.4) is 0 Å². The highest BCUT2D eigenvalue weighted by Gasteiger charge is 2.04. The van der Waals surface area contributed by atoms with Crippen molar-refractivity contribution in [1.29, 1.82) is 0 Å². The molecule has 1 N–H and O–H groups in total. The summed E-state index contributed by atoms with van der Waals surface area (Å²) in [5.41, 5.74) is 0.595. The second-order valence-corrected chi connectivity index (χ2v) is 3.16. The van der Waals surface area contributed by atoms with Crippen LogP contribution in [0.4, 0.5) is 5.82 Å². The first-order valence-electron chi connectivity index (χ1n) is 4.56. The van der Waals surface area contributed by atoms with Gasteiger partial charge in [-0.1, -0.05) is 0 Å². The van der Waals surface area contributed by atoms with Crippen molar-refractivity contribution >= 4 is 11.7 Å². The molecule has 1 aromatic rings. The average molecular weight is 193 g/mol. The summed E-state index contributed by atoms with van der Waals surface area (Å²) >= 11 is 0. The van der Waals surface area contributed by atoms with Crippen LogP contribution in [0.2, 0.25) is 0 Å². The predicted octanol–water partition coefficient (Wildman–Crippen LogP) is 0.897. The molecule has 0 fully saturated rings. The number of nitrogens with one attached hydrogen (secondary N) is 1. The van der Waals surface area contributed by atoms with Gasteiger partial charge in [-0.15, -0.1) is 0 Å². The number of carbonyl (C=O) groups excluding carboxylic acids is 1. The standard InChI is InChI=1S/C10H15N3O/c1-4-11-10(14)8-5-6-9(12-7-8)13(2)3/h5-7H,4H2,1-3H3,(H,11,14). The number of pyridine rings is 1. The van der Waals surface area contributed by atoms with Gasteiger partial charge in [0.25, 0.3) is 5.91 Å². The molecule has 0 radical (unpaired) electrons. The van der Waals surface area contributed by atoms with E-state index in [4.69, 9.17) is 0 Å². The van der Waals surface area contributed by atoms with Gasteiger partial charge >= 0.3 is 0 Å². The third kappa shape index (κ3) is 2.45. The molecule has 14 heavy (non-hydrogen) atoms. The summed E-state index contributed by atoms with van der Waals surface area (Å²) < 4.78 is 0. The van der Waals surface area contributed by atoms with Crippen LogP contribution in [0, 0.1) is 0 Å². The van der Waals surface area contributed by atoms with Crippen molar-refractivity contribution in [3.63, 3.8) is 0 Å². The lowest BCUT2D eigenvalue weighted by atomic mass is 10.2. The Morgan fingerprint density at radius 3 is 2.64 bits per heavy atom. The monoisotopic (exact) mass is 193 g/mol. The van der Waals surface area contributed by atoms with Gasteiger partial charge in [0.1, 0.15) is 5.82 Å². The van der Waals surface area contributed by atoms with Crippen molar-refractivity contribution in [2.45, 2.75) is 6.92 Å². The summed E-state index contributed by atoms with van der Waals surface area (Å²) in [5, 5.41) is 2.72. The van der Waals surface area contributed by atoms with Gasteiger partial charge in [-0.25, -0.2) is 4.98 Å². The number of nitrogens with zero attached hydrogens (tertiary/aromatic N) is 2. The smallest absolute Gasteiger partial charge is 0.252 e. The molecule has 0 spiro atoms. The van der Waals surface area contributed by atoms with E-state index in [0.717, 1.165) is 5.82 Å². The van der Waals surface area contributed by atoms with E-state index >= 15 is 0 Å². The van der Waals surface area contributed by atoms with Crippen molar-refractivity contribution in [2.24, 2.45) is 0 Å². The van der Waals surface area contributed by atoms with Crippen LogP contribution in [-0.4, -0.2) is 31.5 Å². The first-order chi connectivity index (χ1) is 6.65. The van der Waals surface area contributed by atoms with Gasteiger partial charge in [0, 0.05) is 26.8 Å². The predicted molar refractivity (Wildman–Crippen MR) is 56.6 cm³/mol. The molecule has 0 saturated carbocycles. The third-order valence-corrected chi connectivity index (χ3v) is 1.81. The lowest BCUT2D eigenvalue weighted by molar-refractivity contribution is 0.0955. The van der Waals surface area contributed by atoms with Gasteiger partial charge in [0.05, 0.1) is 5.56 Å². The molecule has 0 bridgehead atoms. The Kier molecular flexibility index (Phi) is 3.45. The molecule has 76 valence electrons. The molecular formula is C10H15N3O. The number of aromatic nitrogens is 1. The minimum absolute atomic E-state index is 0.0784. The Morgan fingerprint density at radius 1 is 1.50 bits per heavy atom. The van der Waals surface area contributed by atoms with Crippen LogP contribution in [0.25, 0.3) is 0 Å². The molecule has 0 aromatic carbocycles. The second-order valence-electron chi connectivity index (χ2n) is 3.16. The van der Waals surface area contributed by atoms with Gasteiger partial charge in [0.15, 0.2) is 0 Å². The normalized spacial score (nSPS) is 9.64. The largest absolute Gasteiger partial charge is 0.363 e. The Bertz CT molecular complexity index is 306. The molecule has 0 aliphatic rings. The number of anilines is 1. The van der Waals surface area contributed by atoms with Gasteiger partial charge in [-0.3, -0.25) is 4.79 Å². The van der Waals surface area contributed by atoms with Crippen LogP contribution < -0.4 is 10.2 Å². The highest BCUT2D eigenvalue weighted by atomic mass is 16.1. The molecule has 0 unspecified atom stereocenters. The highest BCUT2D eigenvalue weighted by molar-refractivity contribution is 5.93. The maximum absolute atomic E-state index is 11.4. The molecule has 0 aliphatic carbocycles. The molecule has 1 aromatic heterocycles. The quantitative estimate of drug-likeness (QED) is 0.775. The van der Waals surface area contributed by atoms with Crippen molar-refractivity contribution in [3.05, 3.63) is 23.9 Å². The summed E-state index contributed by atoms with van der Waals surface area (Å²) in [7, 11) is 3.82. The van der Waals surface area contributed by atoms with Gasteiger partial charge in [-0.05, 0) is 19.1 Å². The lowest BCUT2D eigenvalue weighted by Crippen LogP contribution is -2.23. The van der Waals surface area contributed by atoms with Crippen LogP contribution in [-0.2, 0) is 0 Å². The van der Waals surface area contributed by atoms with E-state index in [2.05, 4.69) is 10.3 Å². The van der Waals surface area contributed by atoms with E-state index in [9.17, 15) is 4.79 Å². The Labute approximate surface area is 83.9 Å². The minimum atomic E-state index is -0.0784. The first kappa shape index (κ1) is 10.5. The van der Waals surface area contributed by atoms with Crippen LogP contribution in [0.1, 0.15) is 17.3 Å². The zero-order chi connectivity index (χ0) is 10.6. The Hall–Kier alpha value is -1.58. The number of carbonyl (C=O) groups is 1. The summed E-state index contributed by atoms with van der Waals surface area (Å²) in [6.45, 7) is 2.52. The van der Waals surface area contributed by atoms with Crippen LogP contribution >= 0.6 is 0 Å². The first-order valence-corrected chi connectivity index (χ1v) is 4.56. The average Bonchev–Trinajstić information content (AvgIpc) is 2.18. The van der Waals surface area contributed by atoms with Gasteiger partial charge in [0.2, 0.25) is 0 Å². The van der Waals surface area contributed by atoms with E-state index in [0.29, 0.717) is 12.1 Å². The van der Waals surface area contributed by atoms with Crippen LogP contribution in [0.5, 0.6) is 0 Å². The Morgan fingerprint density at radius 2 is 2.21 bits per heavy atom. The molecule has 1 heterocycles. The maximum Gasteiger partial charge on any atom is 0.252 e. The fourth-order valence-electron chi connectivity index (χ4n) is 1.05. The van der Waals surface area contributed by atoms with Crippen molar-refractivity contribution < 1.29 is 4.79 Å². The molecule has 1 amide bonds. The summed E-state index contributed by atoms with van der Waals surface area (Å²) in [6, 6.07) is 3.60. The van der Waals surface area contributed by atoms with E-state index < -0.39 is 0 Å². The second kappa shape index (κ2) is 4.60. The number of hydrogen-bond acceptors (Lipinski definition) is 3. The van der Waals surface area contributed by atoms with Gasteiger partial charge < -0.3 is 10.2 Å². The van der Waals surface area contributed by atoms with Crippen LogP contribution in [0.15, 0.2) is 18.3 Å². The number of hydrogen-bond donors (Lipinski definition) is 1. The van der Waals surface area contributed by atoms with E-state index in [1.54, 1.807) is 12.3 Å². The van der Waals surface area contributed by atoms with E-state index in [1.165, 1.54) is 0 Å². The Balaban J connectivity index is 2.78. The molecule has 4 heteroatoms. The number of rotatable bonds is 3. The highest BCUT2D eigenvalue weighted by Crippen LogP contribution is 2.07. The summed E-state index contributed by atoms with van der Waals surface area (Å²) in [6.07, 6.45) is 1.58. The summed E-state index contributed by atoms with van der Waals surface area (Å²) in [4.78, 5) is 17.4. The lowest BCUT2D eigenvalue weighted by Gasteiger charge is -2.10. The molecule has 4 nitrogen and oxygen atoms in total. The zero-order valence-corrected chi connectivity index (χ0v) is 8.74. The number of amides is 1. The van der Waals surface area contributed by atoms with Crippen molar-refractivity contribution in [1.82, 2.24) is 10.3 Å².